The lowest BCUT2D eigenvalue weighted by Crippen LogP contribution is -2.01. The van der Waals surface area contributed by atoms with E-state index in [0.717, 1.165) is 22.7 Å². The summed E-state index contributed by atoms with van der Waals surface area (Å²) in [6, 6.07) is 25.3. The third-order valence-corrected chi connectivity index (χ3v) is 3.33. The zero-order valence-electron chi connectivity index (χ0n) is 13.3. The molecule has 0 atom stereocenters. The first kappa shape index (κ1) is 15.6. The summed E-state index contributed by atoms with van der Waals surface area (Å²) in [5, 5.41) is 6.63. The lowest BCUT2D eigenvalue weighted by atomic mass is 10.2. The van der Waals surface area contributed by atoms with Crippen LogP contribution in [0.15, 0.2) is 78.9 Å². The molecule has 0 saturated carbocycles. The van der Waals surface area contributed by atoms with E-state index < -0.39 is 0 Å². The fourth-order valence-electron chi connectivity index (χ4n) is 2.30. The van der Waals surface area contributed by atoms with Crippen molar-refractivity contribution in [1.29, 1.82) is 0 Å². The molecule has 120 valence electrons. The molecule has 0 fully saturated rings. The third kappa shape index (κ3) is 4.36. The van der Waals surface area contributed by atoms with Gasteiger partial charge in [-0.3, -0.25) is 4.79 Å². The Balaban J connectivity index is 1.67. The van der Waals surface area contributed by atoms with Crippen LogP contribution in [-0.2, 0) is 4.79 Å². The van der Waals surface area contributed by atoms with E-state index in [1.54, 1.807) is 12.1 Å². The van der Waals surface area contributed by atoms with E-state index >= 15 is 0 Å². The Morgan fingerprint density at radius 2 is 1.25 bits per heavy atom. The summed E-state index contributed by atoms with van der Waals surface area (Å²) in [5.74, 6) is 0.193. The highest BCUT2D eigenvalue weighted by Gasteiger charge is 2.01. The van der Waals surface area contributed by atoms with Crippen molar-refractivity contribution in [2.45, 2.75) is 6.92 Å². The second-order valence-corrected chi connectivity index (χ2v) is 5.31. The largest absolute Gasteiger partial charge is 0.427 e. The number of ether oxygens (including phenoxy) is 1. The average molecular weight is 318 g/mol. The van der Waals surface area contributed by atoms with Gasteiger partial charge in [0.15, 0.2) is 0 Å². The molecular formula is C20H18N2O2. The molecule has 0 saturated heterocycles. The number of anilines is 4. The van der Waals surface area contributed by atoms with Crippen LogP contribution >= 0.6 is 0 Å². The van der Waals surface area contributed by atoms with E-state index in [4.69, 9.17) is 4.74 Å². The summed E-state index contributed by atoms with van der Waals surface area (Å²) in [6.45, 7) is 1.39. The SMILES string of the molecule is CC(=O)Oc1cccc(Nc2ccc(Nc3ccccc3)cc2)c1. The Bertz CT molecular complexity index is 815. The Morgan fingerprint density at radius 1 is 0.708 bits per heavy atom. The number of esters is 1. The van der Waals surface area contributed by atoms with E-state index in [-0.39, 0.29) is 5.97 Å². The van der Waals surface area contributed by atoms with Gasteiger partial charge < -0.3 is 15.4 Å². The molecular weight excluding hydrogens is 300 g/mol. The van der Waals surface area contributed by atoms with Crippen molar-refractivity contribution in [2.24, 2.45) is 0 Å². The number of rotatable bonds is 5. The molecule has 0 heterocycles. The minimum atomic E-state index is -0.330. The molecule has 0 radical (unpaired) electrons. The van der Waals surface area contributed by atoms with Crippen LogP contribution < -0.4 is 15.4 Å². The van der Waals surface area contributed by atoms with Crippen molar-refractivity contribution < 1.29 is 9.53 Å². The summed E-state index contributed by atoms with van der Waals surface area (Å²) >= 11 is 0. The molecule has 4 nitrogen and oxygen atoms in total. The molecule has 4 heteroatoms. The van der Waals surface area contributed by atoms with Crippen LogP contribution in [0.4, 0.5) is 22.7 Å². The Labute approximate surface area is 141 Å². The molecule has 0 unspecified atom stereocenters. The summed E-state index contributed by atoms with van der Waals surface area (Å²) < 4.78 is 5.09. The van der Waals surface area contributed by atoms with Crippen LogP contribution in [0.25, 0.3) is 0 Å². The number of para-hydroxylation sites is 1. The number of carbonyl (C=O) groups is 1. The fourth-order valence-corrected chi connectivity index (χ4v) is 2.30. The maximum Gasteiger partial charge on any atom is 0.308 e. The van der Waals surface area contributed by atoms with Gasteiger partial charge in [0.05, 0.1) is 0 Å². The average Bonchev–Trinajstić information content (AvgIpc) is 2.57. The third-order valence-electron chi connectivity index (χ3n) is 3.33. The molecule has 0 aliphatic carbocycles. The quantitative estimate of drug-likeness (QED) is 0.507. The van der Waals surface area contributed by atoms with Gasteiger partial charge >= 0.3 is 5.97 Å². The van der Waals surface area contributed by atoms with Crippen molar-refractivity contribution in [2.75, 3.05) is 10.6 Å². The standard InChI is InChI=1S/C20H18N2O2/c1-15(23)24-20-9-5-8-19(14-20)22-18-12-10-17(11-13-18)21-16-6-3-2-4-7-16/h2-14,21-22H,1H3. The summed E-state index contributed by atoms with van der Waals surface area (Å²) in [6.07, 6.45) is 0. The van der Waals surface area contributed by atoms with Crippen molar-refractivity contribution in [1.82, 2.24) is 0 Å². The van der Waals surface area contributed by atoms with Gasteiger partial charge in [-0.05, 0) is 48.5 Å². The Kier molecular flexibility index (Phi) is 4.77. The van der Waals surface area contributed by atoms with Crippen LogP contribution in [0.2, 0.25) is 0 Å². The maximum atomic E-state index is 11.0. The van der Waals surface area contributed by atoms with Gasteiger partial charge in [0, 0.05) is 35.7 Å². The van der Waals surface area contributed by atoms with Gasteiger partial charge in [0.1, 0.15) is 5.75 Å². The zero-order chi connectivity index (χ0) is 16.8. The van der Waals surface area contributed by atoms with Crippen molar-refractivity contribution >= 4 is 28.7 Å². The van der Waals surface area contributed by atoms with E-state index in [2.05, 4.69) is 10.6 Å². The van der Waals surface area contributed by atoms with Gasteiger partial charge in [0.2, 0.25) is 0 Å². The summed E-state index contributed by atoms with van der Waals surface area (Å²) in [5.41, 5.74) is 3.87. The molecule has 0 aliphatic heterocycles. The van der Waals surface area contributed by atoms with E-state index in [1.807, 2.05) is 66.7 Å². The zero-order valence-corrected chi connectivity index (χ0v) is 13.3. The van der Waals surface area contributed by atoms with Crippen LogP contribution in [0.3, 0.4) is 0 Å². The van der Waals surface area contributed by atoms with E-state index in [0.29, 0.717) is 5.75 Å². The van der Waals surface area contributed by atoms with Crippen molar-refractivity contribution in [3.8, 4) is 5.75 Å². The summed E-state index contributed by atoms with van der Waals surface area (Å²) in [4.78, 5) is 11.0. The van der Waals surface area contributed by atoms with Crippen LogP contribution in [0.5, 0.6) is 5.75 Å². The van der Waals surface area contributed by atoms with Gasteiger partial charge in [-0.2, -0.15) is 0 Å². The molecule has 24 heavy (non-hydrogen) atoms. The monoisotopic (exact) mass is 318 g/mol. The number of nitrogens with one attached hydrogen (secondary N) is 2. The molecule has 0 aliphatic rings. The number of benzene rings is 3. The van der Waals surface area contributed by atoms with E-state index in [9.17, 15) is 4.79 Å². The second-order valence-electron chi connectivity index (χ2n) is 5.31. The molecule has 0 bridgehead atoms. The van der Waals surface area contributed by atoms with Crippen LogP contribution in [-0.4, -0.2) is 5.97 Å². The first-order valence-electron chi connectivity index (χ1n) is 7.67. The second kappa shape index (κ2) is 7.33. The predicted octanol–water partition coefficient (Wildman–Crippen LogP) is 5.10. The van der Waals surface area contributed by atoms with Crippen LogP contribution in [0, 0.1) is 0 Å². The Morgan fingerprint density at radius 3 is 1.88 bits per heavy atom. The fraction of sp³-hybridized carbons (Fsp3) is 0.0500. The lowest BCUT2D eigenvalue weighted by Gasteiger charge is -2.10. The maximum absolute atomic E-state index is 11.0. The molecule has 0 spiro atoms. The highest BCUT2D eigenvalue weighted by atomic mass is 16.5. The molecule has 0 aromatic heterocycles. The predicted molar refractivity (Wildman–Crippen MR) is 97.2 cm³/mol. The highest BCUT2D eigenvalue weighted by molar-refractivity contribution is 5.71. The molecule has 2 N–H and O–H groups in total. The minimum Gasteiger partial charge on any atom is -0.427 e. The lowest BCUT2D eigenvalue weighted by molar-refractivity contribution is -0.131. The van der Waals surface area contributed by atoms with E-state index in [1.165, 1.54) is 6.92 Å². The Hall–Kier alpha value is -3.27. The normalized spacial score (nSPS) is 10.0. The molecule has 3 aromatic rings. The number of hydrogen-bond donors (Lipinski definition) is 2. The van der Waals surface area contributed by atoms with Gasteiger partial charge in [0.25, 0.3) is 0 Å². The topological polar surface area (TPSA) is 50.4 Å². The first-order valence-corrected chi connectivity index (χ1v) is 7.67. The molecule has 3 rings (SSSR count). The van der Waals surface area contributed by atoms with Gasteiger partial charge in [-0.1, -0.05) is 24.3 Å². The molecule has 0 amide bonds. The van der Waals surface area contributed by atoms with Crippen LogP contribution in [0.1, 0.15) is 6.92 Å². The van der Waals surface area contributed by atoms with Gasteiger partial charge in [-0.15, -0.1) is 0 Å². The highest BCUT2D eigenvalue weighted by Crippen LogP contribution is 2.24. The number of hydrogen-bond acceptors (Lipinski definition) is 4. The van der Waals surface area contributed by atoms with Gasteiger partial charge in [-0.25, -0.2) is 0 Å². The van der Waals surface area contributed by atoms with Crippen molar-refractivity contribution in [3.05, 3.63) is 78.9 Å². The minimum absolute atomic E-state index is 0.330. The first-order chi connectivity index (χ1) is 11.7. The summed E-state index contributed by atoms with van der Waals surface area (Å²) in [7, 11) is 0. The molecule has 3 aromatic carbocycles. The smallest absolute Gasteiger partial charge is 0.308 e. The number of carbonyl (C=O) groups excluding carboxylic acids is 1. The van der Waals surface area contributed by atoms with Crippen molar-refractivity contribution in [3.63, 3.8) is 0 Å².